The van der Waals surface area contributed by atoms with Crippen molar-refractivity contribution in [2.45, 2.75) is 0 Å². The largest absolute Gasteiger partial charge is 0.303 e. The molecule has 1 N–H and O–H groups in total. The summed E-state index contributed by atoms with van der Waals surface area (Å²) in [6, 6.07) is 23.7. The summed E-state index contributed by atoms with van der Waals surface area (Å²) in [5.74, 6) is 5.33. The van der Waals surface area contributed by atoms with Gasteiger partial charge in [-0.15, -0.1) is 11.3 Å². The van der Waals surface area contributed by atoms with Crippen LogP contribution in [-0.4, -0.2) is 23.3 Å². The van der Waals surface area contributed by atoms with Gasteiger partial charge in [0.25, 0.3) is 0 Å². The Hall–Kier alpha value is -3.79. The van der Waals surface area contributed by atoms with Gasteiger partial charge in [-0.1, -0.05) is 54.3 Å². The van der Waals surface area contributed by atoms with Crippen LogP contribution in [0.25, 0.3) is 10.2 Å². The molecule has 0 aliphatic rings. The van der Waals surface area contributed by atoms with Crippen LogP contribution in [0.3, 0.4) is 0 Å². The van der Waals surface area contributed by atoms with E-state index in [-0.39, 0.29) is 12.4 Å². The monoisotopic (exact) mass is 412 g/mol. The minimum atomic E-state index is -0.401. The Morgan fingerprint density at radius 2 is 1.60 bits per heavy atom. The van der Waals surface area contributed by atoms with Gasteiger partial charge >= 0.3 is 5.91 Å². The lowest BCUT2D eigenvalue weighted by Crippen LogP contribution is -2.23. The Kier molecular flexibility index (Phi) is 5.95. The predicted molar refractivity (Wildman–Crippen MR) is 116 cm³/mol. The fourth-order valence-electron chi connectivity index (χ4n) is 2.75. The molecule has 0 atom stereocenters. The van der Waals surface area contributed by atoms with Crippen LogP contribution in [0.15, 0.2) is 78.9 Å². The van der Waals surface area contributed by atoms with E-state index in [0.29, 0.717) is 16.1 Å². The third-order valence-corrected chi connectivity index (χ3v) is 5.25. The molecule has 1 heterocycles. The van der Waals surface area contributed by atoms with Gasteiger partial charge in [-0.3, -0.25) is 14.4 Å². The number of carbonyl (C=O) groups is 2. The van der Waals surface area contributed by atoms with E-state index in [1.807, 2.05) is 42.5 Å². The molecule has 30 heavy (non-hydrogen) atoms. The third kappa shape index (κ3) is 4.61. The summed E-state index contributed by atoms with van der Waals surface area (Å²) in [6.07, 6.45) is 0. The highest BCUT2D eigenvalue weighted by Crippen LogP contribution is 2.21. The molecule has 0 aliphatic heterocycles. The van der Waals surface area contributed by atoms with Crippen molar-refractivity contribution < 1.29 is 14.4 Å². The second kappa shape index (κ2) is 9.14. The van der Waals surface area contributed by atoms with Crippen LogP contribution in [0.4, 0.5) is 0 Å². The fourth-order valence-corrected chi connectivity index (χ4v) is 3.60. The summed E-state index contributed by atoms with van der Waals surface area (Å²) < 4.78 is 0.941. The Balaban J connectivity index is 1.29. The minimum absolute atomic E-state index is 0.0291. The van der Waals surface area contributed by atoms with E-state index in [1.54, 1.807) is 36.4 Å². The van der Waals surface area contributed by atoms with Crippen molar-refractivity contribution in [2.75, 3.05) is 6.61 Å². The molecule has 6 heteroatoms. The van der Waals surface area contributed by atoms with Crippen molar-refractivity contribution in [3.8, 4) is 11.8 Å². The molecular formula is C24H16N2O3S. The van der Waals surface area contributed by atoms with Crippen LogP contribution in [-0.2, 0) is 4.84 Å². The lowest BCUT2D eigenvalue weighted by molar-refractivity contribution is 0.0438. The quantitative estimate of drug-likeness (QED) is 0.230. The number of aromatic nitrogens is 1. The first-order chi connectivity index (χ1) is 14.7. The Labute approximate surface area is 177 Å². The molecule has 0 saturated carbocycles. The van der Waals surface area contributed by atoms with Crippen molar-refractivity contribution in [1.29, 1.82) is 0 Å². The van der Waals surface area contributed by atoms with E-state index in [9.17, 15) is 9.59 Å². The number of hydroxylamine groups is 1. The Morgan fingerprint density at radius 3 is 2.37 bits per heavy atom. The van der Waals surface area contributed by atoms with E-state index in [0.717, 1.165) is 15.8 Å². The number of nitrogens with one attached hydrogen (secondary N) is 1. The molecule has 1 aromatic heterocycles. The number of rotatable bonds is 5. The Bertz CT molecular complexity index is 1220. The van der Waals surface area contributed by atoms with Crippen molar-refractivity contribution in [1.82, 2.24) is 10.5 Å². The van der Waals surface area contributed by atoms with Crippen molar-refractivity contribution >= 4 is 33.2 Å². The van der Waals surface area contributed by atoms with Crippen molar-refractivity contribution in [3.05, 3.63) is 101 Å². The lowest BCUT2D eigenvalue weighted by Gasteiger charge is -2.01. The number of para-hydroxylation sites is 1. The molecule has 146 valence electrons. The van der Waals surface area contributed by atoms with E-state index in [1.165, 1.54) is 11.3 Å². The van der Waals surface area contributed by atoms with Gasteiger partial charge in [-0.05, 0) is 36.4 Å². The van der Waals surface area contributed by atoms with Gasteiger partial charge in [0.2, 0.25) is 0 Å². The molecule has 3 aromatic carbocycles. The van der Waals surface area contributed by atoms with E-state index < -0.39 is 5.91 Å². The number of hydrogen-bond donors (Lipinski definition) is 1. The zero-order valence-electron chi connectivity index (χ0n) is 15.8. The molecule has 1 amide bonds. The standard InChI is InChI=1S/C24H16N2O3S/c27-22(18-8-2-1-3-9-18)19-14-12-17(13-15-19)7-6-16-29-26-23(28)24-25-20-10-4-5-11-21(20)30-24/h1-5,8-15H,16H2,(H,26,28). The van der Waals surface area contributed by atoms with Gasteiger partial charge in [-0.2, -0.15) is 0 Å². The van der Waals surface area contributed by atoms with E-state index >= 15 is 0 Å². The minimum Gasteiger partial charge on any atom is -0.289 e. The summed E-state index contributed by atoms with van der Waals surface area (Å²) in [6.45, 7) is 0.0291. The smallest absolute Gasteiger partial charge is 0.289 e. The zero-order chi connectivity index (χ0) is 20.8. The first kappa shape index (κ1) is 19.5. The summed E-state index contributed by atoms with van der Waals surface area (Å²) in [5.41, 5.74) is 5.13. The van der Waals surface area contributed by atoms with Crippen molar-refractivity contribution in [2.24, 2.45) is 0 Å². The molecule has 5 nitrogen and oxygen atoms in total. The van der Waals surface area contributed by atoms with Crippen LogP contribution in [0.1, 0.15) is 31.3 Å². The number of benzene rings is 3. The van der Waals surface area contributed by atoms with Gasteiger partial charge in [0.05, 0.1) is 10.2 Å². The third-order valence-electron chi connectivity index (χ3n) is 4.21. The number of ketones is 1. The predicted octanol–water partition coefficient (Wildman–Crippen LogP) is 4.24. The average molecular weight is 412 g/mol. The van der Waals surface area contributed by atoms with Crippen LogP contribution < -0.4 is 5.48 Å². The first-order valence-corrected chi connectivity index (χ1v) is 9.99. The number of carbonyl (C=O) groups excluding carboxylic acids is 2. The molecule has 0 bridgehead atoms. The maximum Gasteiger partial charge on any atom is 0.303 e. The van der Waals surface area contributed by atoms with Crippen LogP contribution in [0.5, 0.6) is 0 Å². The normalized spacial score (nSPS) is 10.3. The maximum absolute atomic E-state index is 12.4. The molecule has 0 aliphatic carbocycles. The molecular weight excluding hydrogens is 396 g/mol. The molecule has 0 saturated heterocycles. The molecule has 0 radical (unpaired) electrons. The fraction of sp³-hybridized carbons (Fsp3) is 0.0417. The number of hydrogen-bond acceptors (Lipinski definition) is 5. The molecule has 4 aromatic rings. The topological polar surface area (TPSA) is 68.3 Å². The average Bonchev–Trinajstić information content (AvgIpc) is 3.24. The van der Waals surface area contributed by atoms with E-state index in [2.05, 4.69) is 22.3 Å². The lowest BCUT2D eigenvalue weighted by atomic mass is 10.0. The number of fused-ring (bicyclic) bond motifs is 1. The van der Waals surface area contributed by atoms with Gasteiger partial charge < -0.3 is 0 Å². The highest BCUT2D eigenvalue weighted by Gasteiger charge is 2.11. The maximum atomic E-state index is 12.4. The van der Waals surface area contributed by atoms with Gasteiger partial charge in [0.1, 0.15) is 6.61 Å². The first-order valence-electron chi connectivity index (χ1n) is 9.17. The number of thiazole rings is 1. The van der Waals surface area contributed by atoms with Crippen LogP contribution in [0, 0.1) is 11.8 Å². The number of amides is 1. The summed E-state index contributed by atoms with van der Waals surface area (Å²) >= 11 is 1.30. The molecule has 4 rings (SSSR count). The molecule has 0 unspecified atom stereocenters. The summed E-state index contributed by atoms with van der Waals surface area (Å²) in [5, 5.41) is 0.336. The second-order valence-electron chi connectivity index (χ2n) is 6.28. The summed E-state index contributed by atoms with van der Waals surface area (Å²) in [7, 11) is 0. The van der Waals surface area contributed by atoms with Gasteiger partial charge in [0, 0.05) is 16.7 Å². The van der Waals surface area contributed by atoms with Gasteiger partial charge in [0.15, 0.2) is 10.8 Å². The Morgan fingerprint density at radius 1 is 0.900 bits per heavy atom. The van der Waals surface area contributed by atoms with E-state index in [4.69, 9.17) is 4.84 Å². The van der Waals surface area contributed by atoms with Crippen LogP contribution >= 0.6 is 11.3 Å². The highest BCUT2D eigenvalue weighted by molar-refractivity contribution is 7.20. The SMILES string of the molecule is O=C(c1ccccc1)c1ccc(C#CCONC(=O)c2nc3ccccc3s2)cc1. The highest BCUT2D eigenvalue weighted by atomic mass is 32.1. The second-order valence-corrected chi connectivity index (χ2v) is 7.31. The zero-order valence-corrected chi connectivity index (χ0v) is 16.6. The van der Waals surface area contributed by atoms with Crippen LogP contribution in [0.2, 0.25) is 0 Å². The van der Waals surface area contributed by atoms with Crippen molar-refractivity contribution in [3.63, 3.8) is 0 Å². The molecule has 0 fully saturated rings. The number of nitrogens with zero attached hydrogens (tertiary/aromatic N) is 1. The summed E-state index contributed by atoms with van der Waals surface area (Å²) in [4.78, 5) is 33.9. The van der Waals surface area contributed by atoms with Gasteiger partial charge in [-0.25, -0.2) is 10.5 Å². The molecule has 0 spiro atoms.